The van der Waals surface area contributed by atoms with Crippen LogP contribution in [0.5, 0.6) is 0 Å². The number of amides is 2. The number of halogens is 1. The molecule has 0 fully saturated rings. The van der Waals surface area contributed by atoms with E-state index in [-0.39, 0.29) is 12.0 Å². The number of nitrogens with one attached hydrogen (secondary N) is 2. The van der Waals surface area contributed by atoms with Crippen molar-refractivity contribution >= 4 is 29.4 Å². The van der Waals surface area contributed by atoms with Gasteiger partial charge in [-0.3, -0.25) is 14.8 Å². The van der Waals surface area contributed by atoms with Gasteiger partial charge in [0.1, 0.15) is 11.5 Å². The number of hydrogen-bond acceptors (Lipinski definition) is 5. The van der Waals surface area contributed by atoms with Crippen LogP contribution >= 0.6 is 11.6 Å². The van der Waals surface area contributed by atoms with Gasteiger partial charge in [0.2, 0.25) is 5.91 Å². The molecular formula is C26H29ClN4O5. The molecule has 4 N–H and O–H groups in total. The van der Waals surface area contributed by atoms with Crippen LogP contribution in [0, 0.1) is 0 Å². The van der Waals surface area contributed by atoms with Crippen molar-refractivity contribution in [1.29, 1.82) is 0 Å². The summed E-state index contributed by atoms with van der Waals surface area (Å²) >= 11 is 6.08. The monoisotopic (exact) mass is 512 g/mol. The number of carbonyl (C=O) groups is 3. The molecule has 0 aliphatic heterocycles. The van der Waals surface area contributed by atoms with Gasteiger partial charge in [-0.15, -0.1) is 0 Å². The smallest absolute Gasteiger partial charge is 0.335 e. The number of carboxylic acids is 1. The minimum absolute atomic E-state index is 0.137. The molecule has 10 heteroatoms. The average molecular weight is 513 g/mol. The van der Waals surface area contributed by atoms with Crippen LogP contribution in [0.4, 0.5) is 0 Å². The zero-order chi connectivity index (χ0) is 26.1. The molecule has 3 aromatic rings. The van der Waals surface area contributed by atoms with Crippen molar-refractivity contribution in [2.24, 2.45) is 0 Å². The van der Waals surface area contributed by atoms with E-state index in [1.54, 1.807) is 35.8 Å². The molecule has 2 amide bonds. The number of unbranched alkanes of at least 4 members (excludes halogenated alkanes) is 1. The van der Waals surface area contributed by atoms with Crippen molar-refractivity contribution in [3.63, 3.8) is 0 Å². The van der Waals surface area contributed by atoms with Crippen molar-refractivity contribution in [1.82, 2.24) is 20.3 Å². The first-order valence-electron chi connectivity index (χ1n) is 11.7. The highest BCUT2D eigenvalue weighted by Gasteiger charge is 2.22. The van der Waals surface area contributed by atoms with Crippen molar-refractivity contribution in [3.8, 4) is 0 Å². The second-order valence-corrected chi connectivity index (χ2v) is 8.93. The molecule has 1 unspecified atom stereocenters. The van der Waals surface area contributed by atoms with Crippen molar-refractivity contribution in [3.05, 3.63) is 88.0 Å². The second kappa shape index (κ2) is 12.9. The molecule has 9 nitrogen and oxygen atoms in total. The largest absolute Gasteiger partial charge is 0.478 e. The van der Waals surface area contributed by atoms with Crippen LogP contribution in [-0.4, -0.2) is 43.7 Å². The third kappa shape index (κ3) is 7.40. The first-order chi connectivity index (χ1) is 17.3. The predicted molar refractivity (Wildman–Crippen MR) is 134 cm³/mol. The Morgan fingerprint density at radius 2 is 1.86 bits per heavy atom. The van der Waals surface area contributed by atoms with Crippen LogP contribution in [0.3, 0.4) is 0 Å². The van der Waals surface area contributed by atoms with Gasteiger partial charge in [0.25, 0.3) is 5.91 Å². The number of aromatic nitrogens is 2. The number of hydrogen-bond donors (Lipinski definition) is 4. The number of carboxylic acid groups (broad SMARTS) is 1. The summed E-state index contributed by atoms with van der Waals surface area (Å²) in [5.41, 5.74) is 3.76. The molecule has 0 aliphatic rings. The number of benzene rings is 2. The van der Waals surface area contributed by atoms with Gasteiger partial charge in [-0.1, -0.05) is 49.2 Å². The lowest BCUT2D eigenvalue weighted by Crippen LogP contribution is -2.41. The molecule has 1 heterocycles. The number of aromatic carboxylic acids is 1. The Hall–Kier alpha value is -3.69. The zero-order valence-electron chi connectivity index (χ0n) is 19.9. The van der Waals surface area contributed by atoms with E-state index in [2.05, 4.69) is 17.2 Å². The van der Waals surface area contributed by atoms with Gasteiger partial charge >= 0.3 is 5.97 Å². The molecule has 0 saturated heterocycles. The molecule has 3 rings (SSSR count). The van der Waals surface area contributed by atoms with Gasteiger partial charge in [0.05, 0.1) is 11.8 Å². The Bertz CT molecular complexity index is 1210. The Kier molecular flexibility index (Phi) is 9.61. The Balaban J connectivity index is 1.86. The maximum atomic E-state index is 13.4. The molecular weight excluding hydrogens is 484 g/mol. The van der Waals surface area contributed by atoms with Gasteiger partial charge in [-0.25, -0.2) is 15.3 Å². The number of imidazole rings is 1. The summed E-state index contributed by atoms with van der Waals surface area (Å²) in [5, 5.41) is 21.6. The fourth-order valence-electron chi connectivity index (χ4n) is 3.89. The standard InChI is InChI=1S/C26H29ClN4O5/c1-2-3-7-23-28-15-22(31(23)16-17-8-10-19(11-9-17)26(34)35)25(33)29-21(14-24(32)30-36)13-18-5-4-6-20(27)12-18/h4-6,8-12,15,21,36H,2-3,7,13-14,16H2,1H3,(H,29,33)(H,30,32)(H,34,35). The summed E-state index contributed by atoms with van der Waals surface area (Å²) in [6, 6.07) is 13.0. The summed E-state index contributed by atoms with van der Waals surface area (Å²) in [4.78, 5) is 40.9. The van der Waals surface area contributed by atoms with Gasteiger partial charge in [0.15, 0.2) is 0 Å². The maximum absolute atomic E-state index is 13.4. The molecule has 0 radical (unpaired) electrons. The molecule has 0 saturated carbocycles. The summed E-state index contributed by atoms with van der Waals surface area (Å²) in [6.45, 7) is 2.40. The normalized spacial score (nSPS) is 11.6. The minimum Gasteiger partial charge on any atom is -0.478 e. The van der Waals surface area contributed by atoms with E-state index in [9.17, 15) is 14.4 Å². The number of carbonyl (C=O) groups excluding carboxylic acids is 2. The lowest BCUT2D eigenvalue weighted by atomic mass is 10.0. The average Bonchev–Trinajstić information content (AvgIpc) is 3.25. The van der Waals surface area contributed by atoms with E-state index in [1.165, 1.54) is 18.3 Å². The number of hydroxylamine groups is 1. The summed E-state index contributed by atoms with van der Waals surface area (Å²) < 4.78 is 1.81. The van der Waals surface area contributed by atoms with E-state index in [4.69, 9.17) is 21.9 Å². The summed E-state index contributed by atoms with van der Waals surface area (Å²) in [6.07, 6.45) is 4.23. The van der Waals surface area contributed by atoms with Crippen LogP contribution in [0.15, 0.2) is 54.7 Å². The fraction of sp³-hybridized carbons (Fsp3) is 0.308. The Labute approximate surface area is 214 Å². The van der Waals surface area contributed by atoms with E-state index in [0.29, 0.717) is 30.1 Å². The molecule has 1 atom stereocenters. The van der Waals surface area contributed by atoms with Crippen LogP contribution in [0.1, 0.15) is 64.0 Å². The Morgan fingerprint density at radius 3 is 2.50 bits per heavy atom. The summed E-state index contributed by atoms with van der Waals surface area (Å²) in [5.74, 6) is -1.31. The topological polar surface area (TPSA) is 134 Å². The van der Waals surface area contributed by atoms with Gasteiger partial charge in [-0.2, -0.15) is 0 Å². The van der Waals surface area contributed by atoms with Crippen molar-refractivity contribution < 1.29 is 24.7 Å². The zero-order valence-corrected chi connectivity index (χ0v) is 20.7. The van der Waals surface area contributed by atoms with Crippen molar-refractivity contribution in [2.75, 3.05) is 0 Å². The molecule has 2 aromatic carbocycles. The lowest BCUT2D eigenvalue weighted by Gasteiger charge is -2.19. The highest BCUT2D eigenvalue weighted by Crippen LogP contribution is 2.16. The van der Waals surface area contributed by atoms with E-state index >= 15 is 0 Å². The lowest BCUT2D eigenvalue weighted by molar-refractivity contribution is -0.129. The number of aryl methyl sites for hydroxylation is 1. The quantitative estimate of drug-likeness (QED) is 0.215. The van der Waals surface area contributed by atoms with Gasteiger partial charge in [-0.05, 0) is 48.2 Å². The third-order valence-corrected chi connectivity index (χ3v) is 5.96. The molecule has 190 valence electrons. The molecule has 0 spiro atoms. The van der Waals surface area contributed by atoms with Crippen LogP contribution in [-0.2, 0) is 24.2 Å². The Morgan fingerprint density at radius 1 is 1.11 bits per heavy atom. The highest BCUT2D eigenvalue weighted by atomic mass is 35.5. The SMILES string of the molecule is CCCCc1ncc(C(=O)NC(CC(=O)NO)Cc2cccc(Cl)c2)n1Cc1ccc(C(=O)O)cc1. The maximum Gasteiger partial charge on any atom is 0.335 e. The fourth-order valence-corrected chi connectivity index (χ4v) is 4.11. The van der Waals surface area contributed by atoms with Crippen molar-refractivity contribution in [2.45, 2.75) is 51.6 Å². The summed E-state index contributed by atoms with van der Waals surface area (Å²) in [7, 11) is 0. The number of rotatable bonds is 12. The van der Waals surface area contributed by atoms with Crippen LogP contribution in [0.25, 0.3) is 0 Å². The molecule has 0 aliphatic carbocycles. The van der Waals surface area contributed by atoms with E-state index in [1.807, 2.05) is 10.6 Å². The predicted octanol–water partition coefficient (Wildman–Crippen LogP) is 3.86. The number of nitrogens with zero attached hydrogens (tertiary/aromatic N) is 2. The highest BCUT2D eigenvalue weighted by molar-refractivity contribution is 6.30. The van der Waals surface area contributed by atoms with E-state index in [0.717, 1.165) is 29.8 Å². The first kappa shape index (κ1) is 26.9. The van der Waals surface area contributed by atoms with Crippen LogP contribution < -0.4 is 10.8 Å². The first-order valence-corrected chi connectivity index (χ1v) is 12.0. The van der Waals surface area contributed by atoms with E-state index < -0.39 is 23.8 Å². The molecule has 36 heavy (non-hydrogen) atoms. The minimum atomic E-state index is -1.01. The second-order valence-electron chi connectivity index (χ2n) is 8.49. The van der Waals surface area contributed by atoms with Gasteiger partial charge < -0.3 is 15.0 Å². The molecule has 1 aromatic heterocycles. The van der Waals surface area contributed by atoms with Crippen LogP contribution in [0.2, 0.25) is 5.02 Å². The molecule has 0 bridgehead atoms. The van der Waals surface area contributed by atoms with Gasteiger partial charge in [0, 0.05) is 30.5 Å². The third-order valence-electron chi connectivity index (χ3n) is 5.73.